The molecule has 2 aromatic rings. The zero-order chi connectivity index (χ0) is 12.3. The lowest BCUT2D eigenvalue weighted by Gasteiger charge is -1.89. The first-order chi connectivity index (χ1) is 8.15. The van der Waals surface area contributed by atoms with Crippen LogP contribution in [-0.2, 0) is 0 Å². The van der Waals surface area contributed by atoms with Crippen LogP contribution in [0.15, 0.2) is 33.6 Å². The van der Waals surface area contributed by atoms with Crippen molar-refractivity contribution >= 4 is 18.0 Å². The zero-order valence-electron chi connectivity index (χ0n) is 8.49. The number of rotatable bonds is 3. The van der Waals surface area contributed by atoms with Crippen molar-refractivity contribution in [3.8, 4) is 0 Å². The first-order valence-electron chi connectivity index (χ1n) is 4.63. The van der Waals surface area contributed by atoms with Crippen molar-refractivity contribution in [1.29, 1.82) is 0 Å². The molecule has 86 valence electrons. The molecule has 0 unspecified atom stereocenters. The third-order valence-corrected chi connectivity index (χ3v) is 1.89. The SMILES string of the molecule is O=c1ccnc(C=Cc2ccc([N+](=O)[O-])o2)[nH]1. The summed E-state index contributed by atoms with van der Waals surface area (Å²) in [6, 6.07) is 3.99. The molecule has 0 aliphatic rings. The molecule has 0 spiro atoms. The minimum atomic E-state index is -0.625. The predicted octanol–water partition coefficient (Wildman–Crippen LogP) is 1.44. The fourth-order valence-electron chi connectivity index (χ4n) is 1.16. The molecular weight excluding hydrogens is 226 g/mol. The van der Waals surface area contributed by atoms with Gasteiger partial charge in [0.05, 0.1) is 6.07 Å². The van der Waals surface area contributed by atoms with Crippen LogP contribution in [0.4, 0.5) is 5.88 Å². The van der Waals surface area contributed by atoms with Crippen molar-refractivity contribution in [2.75, 3.05) is 0 Å². The standard InChI is InChI=1S/C10H7N3O4/c14-9-5-6-11-8(12-9)3-1-7-2-4-10(17-7)13(15)16/h1-6H,(H,11,12,14). The summed E-state index contributed by atoms with van der Waals surface area (Å²) < 4.78 is 4.89. The lowest BCUT2D eigenvalue weighted by molar-refractivity contribution is -0.402. The Labute approximate surface area is 94.6 Å². The third-order valence-electron chi connectivity index (χ3n) is 1.89. The average Bonchev–Trinajstić information content (AvgIpc) is 2.75. The van der Waals surface area contributed by atoms with E-state index in [4.69, 9.17) is 4.42 Å². The Hall–Kier alpha value is -2.70. The quantitative estimate of drug-likeness (QED) is 0.638. The number of nitrogens with one attached hydrogen (secondary N) is 1. The third kappa shape index (κ3) is 2.65. The van der Waals surface area contributed by atoms with Gasteiger partial charge in [-0.3, -0.25) is 14.9 Å². The van der Waals surface area contributed by atoms with Gasteiger partial charge in [-0.1, -0.05) is 0 Å². The van der Waals surface area contributed by atoms with Gasteiger partial charge in [0.1, 0.15) is 16.5 Å². The van der Waals surface area contributed by atoms with E-state index in [0.29, 0.717) is 11.6 Å². The van der Waals surface area contributed by atoms with E-state index < -0.39 is 4.92 Å². The fraction of sp³-hybridized carbons (Fsp3) is 0. The number of furan rings is 1. The molecule has 0 aromatic carbocycles. The number of hydrogen-bond acceptors (Lipinski definition) is 5. The van der Waals surface area contributed by atoms with Gasteiger partial charge in [0.15, 0.2) is 0 Å². The highest BCUT2D eigenvalue weighted by Crippen LogP contribution is 2.17. The van der Waals surface area contributed by atoms with Crippen molar-refractivity contribution in [2.24, 2.45) is 0 Å². The van der Waals surface area contributed by atoms with Gasteiger partial charge in [-0.25, -0.2) is 4.98 Å². The van der Waals surface area contributed by atoms with Gasteiger partial charge in [0.2, 0.25) is 0 Å². The molecular formula is C10H7N3O4. The summed E-state index contributed by atoms with van der Waals surface area (Å²) in [6.45, 7) is 0. The maximum absolute atomic E-state index is 11.0. The molecule has 0 saturated carbocycles. The second-order valence-corrected chi connectivity index (χ2v) is 3.09. The highest BCUT2D eigenvalue weighted by molar-refractivity contribution is 5.64. The van der Waals surface area contributed by atoms with E-state index in [1.165, 1.54) is 36.5 Å². The van der Waals surface area contributed by atoms with E-state index in [0.717, 1.165) is 0 Å². The summed E-state index contributed by atoms with van der Waals surface area (Å²) in [5.41, 5.74) is -0.273. The normalized spacial score (nSPS) is 10.8. The Morgan fingerprint density at radius 2 is 2.18 bits per heavy atom. The maximum Gasteiger partial charge on any atom is 0.433 e. The topological polar surface area (TPSA) is 102 Å². The molecule has 7 nitrogen and oxygen atoms in total. The van der Waals surface area contributed by atoms with Gasteiger partial charge in [-0.15, -0.1) is 0 Å². The Morgan fingerprint density at radius 3 is 2.82 bits per heavy atom. The van der Waals surface area contributed by atoms with Crippen LogP contribution >= 0.6 is 0 Å². The second kappa shape index (κ2) is 4.44. The van der Waals surface area contributed by atoms with Gasteiger partial charge < -0.3 is 9.40 Å². The highest BCUT2D eigenvalue weighted by Gasteiger charge is 2.09. The first kappa shape index (κ1) is 10.8. The van der Waals surface area contributed by atoms with Gasteiger partial charge >= 0.3 is 5.88 Å². The Kier molecular flexibility index (Phi) is 2.82. The Balaban J connectivity index is 2.20. The van der Waals surface area contributed by atoms with Crippen LogP contribution in [0, 0.1) is 10.1 Å². The van der Waals surface area contributed by atoms with Crippen LogP contribution in [0.3, 0.4) is 0 Å². The van der Waals surface area contributed by atoms with Crippen LogP contribution in [0.1, 0.15) is 11.6 Å². The number of aromatic amines is 1. The van der Waals surface area contributed by atoms with E-state index in [1.54, 1.807) is 0 Å². The highest BCUT2D eigenvalue weighted by atomic mass is 16.6. The number of aromatic nitrogens is 2. The van der Waals surface area contributed by atoms with Crippen molar-refractivity contribution in [3.63, 3.8) is 0 Å². The summed E-state index contributed by atoms with van der Waals surface area (Å²) in [7, 11) is 0. The molecule has 7 heteroatoms. The first-order valence-corrected chi connectivity index (χ1v) is 4.63. The summed E-state index contributed by atoms with van der Waals surface area (Å²) in [5.74, 6) is 0.318. The minimum Gasteiger partial charge on any atom is -0.401 e. The molecule has 0 radical (unpaired) electrons. The maximum atomic E-state index is 11.0. The fourth-order valence-corrected chi connectivity index (χ4v) is 1.16. The molecule has 1 N–H and O–H groups in total. The minimum absolute atomic E-state index is 0.273. The summed E-state index contributed by atoms with van der Waals surface area (Å²) in [4.78, 5) is 27.0. The van der Waals surface area contributed by atoms with E-state index in [-0.39, 0.29) is 11.4 Å². The van der Waals surface area contributed by atoms with Crippen molar-refractivity contribution < 1.29 is 9.34 Å². The van der Waals surface area contributed by atoms with E-state index >= 15 is 0 Å². The van der Waals surface area contributed by atoms with Gasteiger partial charge in [0.25, 0.3) is 5.56 Å². The molecule has 0 amide bonds. The van der Waals surface area contributed by atoms with E-state index in [1.807, 2.05) is 0 Å². The number of nitro groups is 1. The van der Waals surface area contributed by atoms with E-state index in [9.17, 15) is 14.9 Å². The molecule has 0 bridgehead atoms. The largest absolute Gasteiger partial charge is 0.433 e. The summed E-state index contributed by atoms with van der Waals surface area (Å²) in [5, 5.41) is 10.4. The second-order valence-electron chi connectivity index (χ2n) is 3.09. The lowest BCUT2D eigenvalue weighted by atomic mass is 10.4. The van der Waals surface area contributed by atoms with Crippen LogP contribution < -0.4 is 5.56 Å². The van der Waals surface area contributed by atoms with Crippen LogP contribution in [0.5, 0.6) is 0 Å². The average molecular weight is 233 g/mol. The molecule has 0 fully saturated rings. The van der Waals surface area contributed by atoms with Crippen molar-refractivity contribution in [2.45, 2.75) is 0 Å². The molecule has 17 heavy (non-hydrogen) atoms. The molecule has 0 saturated heterocycles. The summed E-state index contributed by atoms with van der Waals surface area (Å²) in [6.07, 6.45) is 4.33. The monoisotopic (exact) mass is 233 g/mol. The molecule has 2 rings (SSSR count). The van der Waals surface area contributed by atoms with Gasteiger partial charge in [-0.2, -0.15) is 0 Å². The van der Waals surface area contributed by atoms with Crippen LogP contribution in [0.25, 0.3) is 12.2 Å². The Morgan fingerprint density at radius 1 is 1.35 bits per heavy atom. The van der Waals surface area contributed by atoms with Gasteiger partial charge in [0, 0.05) is 12.3 Å². The van der Waals surface area contributed by atoms with Crippen LogP contribution in [0.2, 0.25) is 0 Å². The smallest absolute Gasteiger partial charge is 0.401 e. The molecule has 0 aliphatic carbocycles. The molecule has 0 atom stereocenters. The summed E-state index contributed by atoms with van der Waals surface area (Å²) >= 11 is 0. The zero-order valence-corrected chi connectivity index (χ0v) is 8.49. The van der Waals surface area contributed by atoms with Crippen molar-refractivity contribution in [1.82, 2.24) is 9.97 Å². The Bertz CT molecular complexity index is 626. The molecule has 2 aromatic heterocycles. The van der Waals surface area contributed by atoms with Gasteiger partial charge in [-0.05, 0) is 18.2 Å². The van der Waals surface area contributed by atoms with Crippen molar-refractivity contribution in [3.05, 3.63) is 56.4 Å². The number of hydrogen-bond donors (Lipinski definition) is 1. The molecule has 2 heterocycles. The molecule has 0 aliphatic heterocycles. The number of H-pyrrole nitrogens is 1. The van der Waals surface area contributed by atoms with Crippen LogP contribution in [-0.4, -0.2) is 14.9 Å². The van der Waals surface area contributed by atoms with E-state index in [2.05, 4.69) is 9.97 Å². The predicted molar refractivity (Wildman–Crippen MR) is 59.1 cm³/mol. The number of nitrogens with zero attached hydrogens (tertiary/aromatic N) is 2. The lowest BCUT2D eigenvalue weighted by Crippen LogP contribution is -2.05.